The molecule has 0 aliphatic carbocycles. The predicted molar refractivity (Wildman–Crippen MR) is 152 cm³/mol. The molecule has 6 N–H and O–H groups in total. The van der Waals surface area contributed by atoms with Gasteiger partial charge in [0, 0.05) is 6.04 Å². The summed E-state index contributed by atoms with van der Waals surface area (Å²) in [6.07, 6.45) is 9.62. The Hall–Kier alpha value is -0.810. The van der Waals surface area contributed by atoms with E-state index >= 15 is 0 Å². The summed E-state index contributed by atoms with van der Waals surface area (Å²) in [6.45, 7) is 9.38. The van der Waals surface area contributed by atoms with Gasteiger partial charge in [0.1, 0.15) is 30.0 Å². The molecule has 1 heterocycles. The van der Waals surface area contributed by atoms with Gasteiger partial charge in [-0.25, -0.2) is 0 Å². The van der Waals surface area contributed by atoms with Crippen LogP contribution < -0.4 is 5.32 Å². The van der Waals surface area contributed by atoms with Crippen LogP contribution in [-0.2, 0) is 14.3 Å². The lowest BCUT2D eigenvalue weighted by atomic mass is 9.82. The molecule has 1 amide bonds. The van der Waals surface area contributed by atoms with Gasteiger partial charge in [0.2, 0.25) is 5.91 Å². The minimum Gasteiger partial charge on any atom is -0.394 e. The molecule has 9 nitrogen and oxygen atoms in total. The number of amides is 1. The van der Waals surface area contributed by atoms with Gasteiger partial charge < -0.3 is 40.3 Å². The van der Waals surface area contributed by atoms with E-state index in [1.165, 1.54) is 71.1 Å². The van der Waals surface area contributed by atoms with Gasteiger partial charge in [-0.05, 0) is 38.5 Å². The lowest BCUT2D eigenvalue weighted by Crippen LogP contribution is -2.66. The number of carbonyl (C=O) groups is 1. The monoisotopic (exact) mass is 561 g/mol. The number of hydrogen-bond donors (Lipinski definition) is 6. The van der Waals surface area contributed by atoms with Crippen molar-refractivity contribution in [3.63, 3.8) is 0 Å². The Morgan fingerprint density at radius 1 is 1.00 bits per heavy atom. The molecule has 7 atom stereocenters. The van der Waals surface area contributed by atoms with E-state index in [1.807, 2.05) is 0 Å². The van der Waals surface area contributed by atoms with Gasteiger partial charge in [-0.2, -0.15) is 0 Å². The summed E-state index contributed by atoms with van der Waals surface area (Å²) in [4.78, 5) is 12.3. The number of hydrogen-bond acceptors (Lipinski definition) is 8. The number of aliphatic hydroxyl groups excluding tert-OH is 4. The van der Waals surface area contributed by atoms with Crippen molar-refractivity contribution in [2.75, 3.05) is 13.2 Å². The van der Waals surface area contributed by atoms with Gasteiger partial charge in [-0.1, -0.05) is 91.4 Å². The smallest absolute Gasteiger partial charge is 0.249 e. The first kappa shape index (κ1) is 36.2. The molecule has 1 rings (SSSR count). The van der Waals surface area contributed by atoms with Crippen molar-refractivity contribution in [3.8, 4) is 0 Å². The van der Waals surface area contributed by atoms with E-state index < -0.39 is 54.9 Å². The second-order valence-electron chi connectivity index (χ2n) is 12.6. The third-order valence-electron chi connectivity index (χ3n) is 8.06. The summed E-state index contributed by atoms with van der Waals surface area (Å²) in [6, 6.07) is -0.488. The molecule has 0 aromatic carbocycles. The average molecular weight is 562 g/mol. The van der Waals surface area contributed by atoms with Crippen LogP contribution >= 0.6 is 0 Å². The molecule has 1 aliphatic heterocycles. The van der Waals surface area contributed by atoms with Gasteiger partial charge >= 0.3 is 0 Å². The molecule has 1 aliphatic rings. The largest absolute Gasteiger partial charge is 0.394 e. The highest BCUT2D eigenvalue weighted by Crippen LogP contribution is 2.31. The summed E-state index contributed by atoms with van der Waals surface area (Å²) in [5.41, 5.74) is -1.35. The quantitative estimate of drug-likeness (QED) is 0.117. The summed E-state index contributed by atoms with van der Waals surface area (Å²) in [5.74, 6) is -0.481. The third kappa shape index (κ3) is 13.6. The number of nitrogens with one attached hydrogen (secondary N) is 1. The van der Waals surface area contributed by atoms with Crippen molar-refractivity contribution < 1.29 is 39.8 Å². The number of aliphatic hydroxyl groups is 5. The molecular formula is C30H59NO8. The Morgan fingerprint density at radius 2 is 1.54 bits per heavy atom. The topological polar surface area (TPSA) is 149 Å². The lowest BCUT2D eigenvalue weighted by Gasteiger charge is -2.46. The van der Waals surface area contributed by atoms with E-state index in [-0.39, 0.29) is 6.61 Å². The van der Waals surface area contributed by atoms with Crippen LogP contribution in [0.25, 0.3) is 0 Å². The molecule has 1 saturated heterocycles. The zero-order valence-electron chi connectivity index (χ0n) is 25.2. The minimum absolute atomic E-state index is 0.0518. The van der Waals surface area contributed by atoms with Gasteiger partial charge in [0.15, 0.2) is 6.29 Å². The predicted octanol–water partition coefficient (Wildman–Crippen LogP) is 3.57. The van der Waals surface area contributed by atoms with E-state index in [2.05, 4.69) is 26.1 Å². The molecule has 0 aromatic heterocycles. The summed E-state index contributed by atoms with van der Waals surface area (Å²) in [5, 5.41) is 52.8. The van der Waals surface area contributed by atoms with Crippen molar-refractivity contribution in [2.24, 2.45) is 5.41 Å². The van der Waals surface area contributed by atoms with Crippen LogP contribution in [0, 0.1) is 5.41 Å². The molecule has 1 fully saturated rings. The summed E-state index contributed by atoms with van der Waals surface area (Å²) in [7, 11) is 0. The first-order chi connectivity index (χ1) is 18.4. The molecule has 9 heteroatoms. The van der Waals surface area contributed by atoms with Crippen molar-refractivity contribution in [2.45, 2.75) is 167 Å². The van der Waals surface area contributed by atoms with Gasteiger partial charge in [0.25, 0.3) is 0 Å². The van der Waals surface area contributed by atoms with Gasteiger partial charge in [-0.3, -0.25) is 4.79 Å². The van der Waals surface area contributed by atoms with Crippen molar-refractivity contribution in [1.29, 1.82) is 0 Å². The third-order valence-corrected chi connectivity index (χ3v) is 8.06. The van der Waals surface area contributed by atoms with E-state index in [4.69, 9.17) is 9.47 Å². The van der Waals surface area contributed by atoms with E-state index in [1.54, 1.807) is 6.92 Å². The lowest BCUT2D eigenvalue weighted by molar-refractivity contribution is -0.328. The maximum Gasteiger partial charge on any atom is 0.249 e. The normalized spacial score (nSPS) is 27.3. The Kier molecular flexibility index (Phi) is 17.3. The Bertz CT molecular complexity index is 655. The van der Waals surface area contributed by atoms with Crippen LogP contribution in [0.4, 0.5) is 0 Å². The fraction of sp³-hybridized carbons (Fsp3) is 0.967. The zero-order valence-corrected chi connectivity index (χ0v) is 25.2. The first-order valence-electron chi connectivity index (χ1n) is 15.3. The zero-order chi connectivity index (χ0) is 29.5. The van der Waals surface area contributed by atoms with Crippen molar-refractivity contribution in [1.82, 2.24) is 5.32 Å². The average Bonchev–Trinajstić information content (AvgIpc) is 2.88. The van der Waals surface area contributed by atoms with Crippen LogP contribution in [0.1, 0.15) is 125 Å². The van der Waals surface area contributed by atoms with E-state index in [9.17, 15) is 30.3 Å². The first-order valence-corrected chi connectivity index (χ1v) is 15.3. The second-order valence-corrected chi connectivity index (χ2v) is 12.6. The van der Waals surface area contributed by atoms with Gasteiger partial charge in [-0.15, -0.1) is 0 Å². The molecule has 0 saturated carbocycles. The molecule has 0 bridgehead atoms. The van der Waals surface area contributed by atoms with Gasteiger partial charge in [0.05, 0.1) is 13.2 Å². The number of rotatable bonds is 21. The standard InChI is InChI=1S/C30H59NO8/c1-6-7-18-29(3,4)19-16-14-12-10-8-9-11-13-15-17-23(33)27(36)31-22(2)21-38-28-25(34)26(35)30(5,37)24(20-32)39-28/h22-26,28,32-35,37H,6-21H2,1-5H3,(H,31,36)/t22?,23-,24?,25?,26?,28+,30+/m0/s1. The van der Waals surface area contributed by atoms with Crippen LogP contribution in [0.5, 0.6) is 0 Å². The SMILES string of the molecule is CCCCC(C)(C)CCCCCCCCCCC[C@H](O)C(=O)NC(C)CO[C@@H]1OC(CO)[C@@](C)(O)C(O)C1O. The van der Waals surface area contributed by atoms with Crippen LogP contribution in [0.15, 0.2) is 0 Å². The molecule has 232 valence electrons. The Labute approximate surface area is 236 Å². The molecular weight excluding hydrogens is 502 g/mol. The van der Waals surface area contributed by atoms with E-state index in [0.29, 0.717) is 11.8 Å². The molecule has 39 heavy (non-hydrogen) atoms. The van der Waals surface area contributed by atoms with Crippen LogP contribution in [0.3, 0.4) is 0 Å². The Morgan fingerprint density at radius 3 is 2.10 bits per heavy atom. The Balaban J connectivity index is 2.11. The highest BCUT2D eigenvalue weighted by Gasteiger charge is 2.52. The molecule has 0 aromatic rings. The highest BCUT2D eigenvalue weighted by molar-refractivity contribution is 5.80. The van der Waals surface area contributed by atoms with Crippen LogP contribution in [-0.4, -0.2) is 87.0 Å². The maximum absolute atomic E-state index is 12.3. The maximum atomic E-state index is 12.3. The fourth-order valence-electron chi connectivity index (χ4n) is 5.14. The number of unbranched alkanes of at least 4 members (excludes halogenated alkanes) is 9. The molecule has 0 spiro atoms. The fourth-order valence-corrected chi connectivity index (χ4v) is 5.14. The highest BCUT2D eigenvalue weighted by atomic mass is 16.7. The summed E-state index contributed by atoms with van der Waals surface area (Å²) < 4.78 is 10.9. The summed E-state index contributed by atoms with van der Waals surface area (Å²) >= 11 is 0. The second kappa shape index (κ2) is 18.6. The number of carbonyl (C=O) groups excluding carboxylic acids is 1. The van der Waals surface area contributed by atoms with Crippen molar-refractivity contribution in [3.05, 3.63) is 0 Å². The van der Waals surface area contributed by atoms with E-state index in [0.717, 1.165) is 19.3 Å². The minimum atomic E-state index is -1.83. The van der Waals surface area contributed by atoms with Crippen LogP contribution in [0.2, 0.25) is 0 Å². The van der Waals surface area contributed by atoms with Crippen molar-refractivity contribution >= 4 is 5.91 Å². The number of ether oxygens (including phenoxy) is 2. The molecule has 0 radical (unpaired) electrons. The molecule has 4 unspecified atom stereocenters.